The first-order chi connectivity index (χ1) is 13.7. The van der Waals surface area contributed by atoms with E-state index in [1.54, 1.807) is 0 Å². The second-order valence-electron chi connectivity index (χ2n) is 13.6. The average Bonchev–Trinajstić information content (AvgIpc) is 3.22. The fourth-order valence-corrected chi connectivity index (χ4v) is 7.97. The Labute approximate surface area is 184 Å². The van der Waals surface area contributed by atoms with E-state index >= 15 is 0 Å². The Hall–Kier alpha value is -0.610. The van der Waals surface area contributed by atoms with Crippen LogP contribution in [0, 0.1) is 33.5 Å². The Bertz CT molecular complexity index is 694. The van der Waals surface area contributed by atoms with Gasteiger partial charge in [0.05, 0.1) is 26.8 Å². The smallest absolute Gasteiger partial charge is 0.362 e. The van der Waals surface area contributed by atoms with Crippen molar-refractivity contribution in [1.82, 2.24) is 0 Å². The van der Waals surface area contributed by atoms with Crippen molar-refractivity contribution in [3.63, 3.8) is 0 Å². The Morgan fingerprint density at radius 1 is 1.00 bits per heavy atom. The first kappa shape index (κ1) is 22.6. The van der Waals surface area contributed by atoms with Gasteiger partial charge in [0.25, 0.3) is 0 Å². The quantitative estimate of drug-likeness (QED) is 0.427. The monoisotopic (exact) mass is 420 g/mol. The molecule has 4 bridgehead atoms. The van der Waals surface area contributed by atoms with E-state index in [1.807, 2.05) is 0 Å². The molecule has 0 heterocycles. The SMILES string of the molecule is CC1(C)[C@@H]2CC[C@](C)(C2)[C@@H]1OC(=O)C[N+](C)(C)CCO[C@@H]1C[C@@H]2CC[C@]1(C)C2(C)C. The van der Waals surface area contributed by atoms with Crippen LogP contribution in [-0.2, 0) is 14.3 Å². The maximum atomic E-state index is 12.9. The molecule has 0 amide bonds. The van der Waals surface area contributed by atoms with E-state index in [2.05, 4.69) is 55.6 Å². The first-order valence-corrected chi connectivity index (χ1v) is 12.3. The number of hydrogen-bond donors (Lipinski definition) is 0. The van der Waals surface area contributed by atoms with E-state index < -0.39 is 0 Å². The molecule has 4 heteroatoms. The minimum atomic E-state index is -0.0418. The highest BCUT2D eigenvalue weighted by atomic mass is 16.5. The lowest BCUT2D eigenvalue weighted by molar-refractivity contribution is -0.883. The Morgan fingerprint density at radius 2 is 1.67 bits per heavy atom. The zero-order valence-corrected chi connectivity index (χ0v) is 20.8. The molecule has 0 aromatic carbocycles. The van der Waals surface area contributed by atoms with Crippen LogP contribution in [0.1, 0.15) is 80.1 Å². The average molecular weight is 421 g/mol. The molecule has 4 rings (SSSR count). The van der Waals surface area contributed by atoms with Gasteiger partial charge in [-0.25, -0.2) is 4.79 Å². The van der Waals surface area contributed by atoms with Crippen molar-refractivity contribution in [3.8, 4) is 0 Å². The summed E-state index contributed by atoms with van der Waals surface area (Å²) in [5.74, 6) is 1.46. The molecule has 30 heavy (non-hydrogen) atoms. The van der Waals surface area contributed by atoms with E-state index in [4.69, 9.17) is 9.47 Å². The van der Waals surface area contributed by atoms with Crippen LogP contribution >= 0.6 is 0 Å². The standard InChI is InChI=1S/C26H46NO3/c1-23(2)19-9-11-25(5,16-19)22(23)30-21(28)17-27(7,8)13-14-29-20-15-18-10-12-26(20,6)24(18,3)4/h18-20,22H,9-17H2,1-8H3/q+1/t18-,19+,20+,22+,25+,26-/m0/s1. The molecule has 4 saturated carbocycles. The van der Waals surface area contributed by atoms with E-state index in [1.165, 1.54) is 38.5 Å². The number of esters is 1. The molecule has 0 aromatic rings. The number of carbonyl (C=O) groups is 1. The van der Waals surface area contributed by atoms with Gasteiger partial charge in [-0.1, -0.05) is 41.5 Å². The zero-order chi connectivity index (χ0) is 22.2. The Kier molecular flexibility index (Phi) is 5.22. The minimum Gasteiger partial charge on any atom is -0.457 e. The number of hydrogen-bond acceptors (Lipinski definition) is 3. The van der Waals surface area contributed by atoms with Crippen molar-refractivity contribution >= 4 is 5.97 Å². The molecule has 0 radical (unpaired) electrons. The molecule has 0 aliphatic heterocycles. The van der Waals surface area contributed by atoms with E-state index in [9.17, 15) is 4.79 Å². The van der Waals surface area contributed by atoms with E-state index in [0.717, 1.165) is 19.1 Å². The van der Waals surface area contributed by atoms with E-state index in [0.29, 0.717) is 33.9 Å². The van der Waals surface area contributed by atoms with Gasteiger partial charge < -0.3 is 14.0 Å². The third kappa shape index (κ3) is 3.36. The second-order valence-corrected chi connectivity index (χ2v) is 13.6. The summed E-state index contributed by atoms with van der Waals surface area (Å²) in [5, 5.41) is 0. The third-order valence-electron chi connectivity index (χ3n) is 10.7. The molecule has 0 aromatic heterocycles. The highest BCUT2D eigenvalue weighted by Gasteiger charge is 2.62. The number of fused-ring (bicyclic) bond motifs is 4. The Morgan fingerprint density at radius 3 is 2.20 bits per heavy atom. The van der Waals surface area contributed by atoms with Gasteiger partial charge in [-0.15, -0.1) is 0 Å². The topological polar surface area (TPSA) is 35.5 Å². The van der Waals surface area contributed by atoms with Crippen LogP contribution in [0.2, 0.25) is 0 Å². The van der Waals surface area contributed by atoms with Crippen molar-refractivity contribution in [2.45, 2.75) is 92.3 Å². The van der Waals surface area contributed by atoms with Crippen molar-refractivity contribution in [2.75, 3.05) is 33.8 Å². The third-order valence-corrected chi connectivity index (χ3v) is 10.7. The molecule has 172 valence electrons. The zero-order valence-electron chi connectivity index (χ0n) is 20.8. The summed E-state index contributed by atoms with van der Waals surface area (Å²) in [7, 11) is 4.26. The predicted molar refractivity (Wildman–Crippen MR) is 120 cm³/mol. The van der Waals surface area contributed by atoms with Gasteiger partial charge in [0.15, 0.2) is 6.54 Å². The lowest BCUT2D eigenvalue weighted by atomic mass is 9.70. The number of carbonyl (C=O) groups excluding carboxylic acids is 1. The highest BCUT2D eigenvalue weighted by Crippen LogP contribution is 2.66. The lowest BCUT2D eigenvalue weighted by Gasteiger charge is -2.42. The molecule has 4 nitrogen and oxygen atoms in total. The number of quaternary nitrogens is 1. The highest BCUT2D eigenvalue weighted by molar-refractivity contribution is 5.71. The Balaban J connectivity index is 1.27. The van der Waals surface area contributed by atoms with Crippen LogP contribution in [0.5, 0.6) is 0 Å². The van der Waals surface area contributed by atoms with E-state index in [-0.39, 0.29) is 22.9 Å². The number of nitrogens with zero attached hydrogens (tertiary/aromatic N) is 1. The van der Waals surface area contributed by atoms with Crippen LogP contribution in [0.25, 0.3) is 0 Å². The molecule has 4 aliphatic carbocycles. The summed E-state index contributed by atoms with van der Waals surface area (Å²) < 4.78 is 13.2. The van der Waals surface area contributed by atoms with Crippen LogP contribution in [0.4, 0.5) is 0 Å². The van der Waals surface area contributed by atoms with Gasteiger partial charge in [-0.2, -0.15) is 0 Å². The minimum absolute atomic E-state index is 0.0418. The van der Waals surface area contributed by atoms with Crippen molar-refractivity contribution in [2.24, 2.45) is 33.5 Å². The summed E-state index contributed by atoms with van der Waals surface area (Å²) in [6.45, 7) is 16.2. The molecular formula is C26H46NO3+. The van der Waals surface area contributed by atoms with Crippen molar-refractivity contribution in [3.05, 3.63) is 0 Å². The molecule has 4 fully saturated rings. The maximum Gasteiger partial charge on any atom is 0.362 e. The largest absolute Gasteiger partial charge is 0.457 e. The summed E-state index contributed by atoms with van der Waals surface area (Å²) in [4.78, 5) is 12.9. The van der Waals surface area contributed by atoms with Crippen LogP contribution < -0.4 is 0 Å². The maximum absolute atomic E-state index is 12.9. The number of likely N-dealkylation sites (N-methyl/N-ethyl adjacent to an activating group) is 1. The second kappa shape index (κ2) is 6.94. The summed E-state index contributed by atoms with van der Waals surface area (Å²) in [5.41, 5.74) is 0.965. The molecule has 0 unspecified atom stereocenters. The molecule has 4 aliphatic rings. The summed E-state index contributed by atoms with van der Waals surface area (Å²) in [6.07, 6.45) is 7.97. The normalized spacial score (nSPS) is 43.3. The molecule has 0 saturated heterocycles. The number of rotatable bonds is 7. The summed E-state index contributed by atoms with van der Waals surface area (Å²) >= 11 is 0. The van der Waals surface area contributed by atoms with Gasteiger partial charge in [0.1, 0.15) is 12.6 Å². The molecule has 6 atom stereocenters. The molecule has 0 N–H and O–H groups in total. The van der Waals surface area contributed by atoms with Gasteiger partial charge in [-0.05, 0) is 61.2 Å². The van der Waals surface area contributed by atoms with Crippen molar-refractivity contribution in [1.29, 1.82) is 0 Å². The molecular weight excluding hydrogens is 374 g/mol. The summed E-state index contributed by atoms with van der Waals surface area (Å²) in [6, 6.07) is 0. The fourth-order valence-electron chi connectivity index (χ4n) is 7.97. The van der Waals surface area contributed by atoms with Gasteiger partial charge >= 0.3 is 5.97 Å². The predicted octanol–water partition coefficient (Wildman–Crippen LogP) is 5.05. The van der Waals surface area contributed by atoms with Gasteiger partial charge in [0.2, 0.25) is 0 Å². The van der Waals surface area contributed by atoms with Crippen LogP contribution in [0.15, 0.2) is 0 Å². The number of ether oxygens (including phenoxy) is 2. The van der Waals surface area contributed by atoms with Crippen LogP contribution in [-0.4, -0.2) is 56.5 Å². The molecule has 0 spiro atoms. The fraction of sp³-hybridized carbons (Fsp3) is 0.962. The lowest BCUT2D eigenvalue weighted by Crippen LogP contribution is -2.50. The van der Waals surface area contributed by atoms with Crippen molar-refractivity contribution < 1.29 is 18.8 Å². The van der Waals surface area contributed by atoms with Gasteiger partial charge in [-0.3, -0.25) is 0 Å². The van der Waals surface area contributed by atoms with Gasteiger partial charge in [0, 0.05) is 10.8 Å². The van der Waals surface area contributed by atoms with Crippen LogP contribution in [0.3, 0.4) is 0 Å². The first-order valence-electron chi connectivity index (χ1n) is 12.3.